The van der Waals surface area contributed by atoms with Crippen molar-refractivity contribution in [3.05, 3.63) is 95.6 Å². The number of nitrogens with zero attached hydrogens (tertiary/aromatic N) is 9. The van der Waals surface area contributed by atoms with Crippen LogP contribution in [0.5, 0.6) is 0 Å². The van der Waals surface area contributed by atoms with Crippen LogP contribution in [0.3, 0.4) is 0 Å². The molecule has 0 unspecified atom stereocenters. The lowest BCUT2D eigenvalue weighted by Crippen LogP contribution is -2.49. The summed E-state index contributed by atoms with van der Waals surface area (Å²) in [5.41, 5.74) is 6.57. The average molecular weight is 937 g/mol. The summed E-state index contributed by atoms with van der Waals surface area (Å²) >= 11 is 0. The SMILES string of the molecule is CCC(=O)N1CCN(c2nc3cc(F)cc(F)c3c(Nc3cncc(N4CCOCC4)c3)c2C)CC1.Cc1c(N2CCNCC2)nc2cc(F)cc(F)c2c1Nc1cncc(N2CCOCC2)c1. The molecule has 0 bridgehead atoms. The number of nitrogens with one attached hydrogen (secondary N) is 3. The third-order valence-corrected chi connectivity index (χ3v) is 12.8. The third kappa shape index (κ3) is 10.1. The van der Waals surface area contributed by atoms with Gasteiger partial charge in [0, 0.05) is 120 Å². The first kappa shape index (κ1) is 46.5. The van der Waals surface area contributed by atoms with Gasteiger partial charge in [0.1, 0.15) is 34.9 Å². The maximum Gasteiger partial charge on any atom is 0.222 e. The Morgan fingerprint density at radius 3 is 1.47 bits per heavy atom. The zero-order valence-corrected chi connectivity index (χ0v) is 38.6. The van der Waals surface area contributed by atoms with Crippen LogP contribution in [0.25, 0.3) is 21.8 Å². The van der Waals surface area contributed by atoms with Gasteiger partial charge in [-0.25, -0.2) is 27.5 Å². The molecule has 15 nitrogen and oxygen atoms in total. The van der Waals surface area contributed by atoms with Crippen LogP contribution in [0.1, 0.15) is 24.5 Å². The fourth-order valence-electron chi connectivity index (χ4n) is 9.25. The number of anilines is 8. The summed E-state index contributed by atoms with van der Waals surface area (Å²) in [5.74, 6) is -1.12. The summed E-state index contributed by atoms with van der Waals surface area (Å²) in [4.78, 5) is 40.7. The van der Waals surface area contributed by atoms with Crippen LogP contribution in [-0.4, -0.2) is 136 Å². The van der Waals surface area contributed by atoms with E-state index in [1.165, 1.54) is 12.1 Å². The zero-order valence-electron chi connectivity index (χ0n) is 38.6. The van der Waals surface area contributed by atoms with Crippen molar-refractivity contribution in [2.75, 3.05) is 135 Å². The predicted octanol–water partition coefficient (Wildman–Crippen LogP) is 7.06. The number of amides is 1. The maximum absolute atomic E-state index is 15.1. The Morgan fingerprint density at radius 2 is 1.03 bits per heavy atom. The van der Waals surface area contributed by atoms with E-state index in [-0.39, 0.29) is 22.2 Å². The summed E-state index contributed by atoms with van der Waals surface area (Å²) in [6.07, 6.45) is 7.48. The standard InChI is InChI=1S/C26H30F2N6O2.C23H26F2N6O/c1-3-23(35)33-4-6-34(7-5-33)26-17(2)25(24-21(28)12-18(27)13-22(24)31-26)30-19-14-20(16-29-15-19)32-8-10-36-11-9-32;1-15-22(28-17-12-18(14-27-13-17)30-6-8-32-9-7-30)21-19(25)10-16(24)11-20(21)29-23(15)31-4-2-26-3-5-31/h12-16H,3-11H2,1-2H3,(H,30,31);10-14,26H,2-9H2,1H3,(H,28,29). The lowest BCUT2D eigenvalue weighted by atomic mass is 10.1. The smallest absolute Gasteiger partial charge is 0.222 e. The first-order chi connectivity index (χ1) is 33.0. The Kier molecular flexibility index (Phi) is 14.2. The van der Waals surface area contributed by atoms with Gasteiger partial charge in [-0.15, -0.1) is 0 Å². The van der Waals surface area contributed by atoms with E-state index in [1.807, 2.05) is 44.0 Å². The molecule has 19 heteroatoms. The molecule has 3 N–H and O–H groups in total. The van der Waals surface area contributed by atoms with Gasteiger partial charge < -0.3 is 49.9 Å². The highest BCUT2D eigenvalue weighted by Crippen LogP contribution is 2.39. The van der Waals surface area contributed by atoms with E-state index in [0.29, 0.717) is 87.4 Å². The highest BCUT2D eigenvalue weighted by molar-refractivity contribution is 5.99. The zero-order chi connectivity index (χ0) is 47.3. The normalized spacial score (nSPS) is 16.8. The van der Waals surface area contributed by atoms with Crippen LogP contribution >= 0.6 is 0 Å². The molecule has 4 aromatic heterocycles. The number of hydrogen-bond donors (Lipinski definition) is 3. The minimum absolute atomic E-state index is 0.122. The van der Waals surface area contributed by atoms with E-state index in [0.717, 1.165) is 98.5 Å². The molecule has 4 aliphatic heterocycles. The molecular weight excluding hydrogens is 881 g/mol. The van der Waals surface area contributed by atoms with E-state index < -0.39 is 23.3 Å². The molecule has 68 heavy (non-hydrogen) atoms. The number of carbonyl (C=O) groups excluding carboxylic acids is 1. The molecule has 0 aliphatic carbocycles. The first-order valence-corrected chi connectivity index (χ1v) is 23.2. The summed E-state index contributed by atoms with van der Waals surface area (Å²) in [5, 5.41) is 10.6. The van der Waals surface area contributed by atoms with Gasteiger partial charge in [0.15, 0.2) is 0 Å². The van der Waals surface area contributed by atoms with Gasteiger partial charge in [-0.1, -0.05) is 6.92 Å². The van der Waals surface area contributed by atoms with Gasteiger partial charge in [0.05, 0.1) is 107 Å². The highest BCUT2D eigenvalue weighted by atomic mass is 19.1. The number of aromatic nitrogens is 4. The lowest BCUT2D eigenvalue weighted by molar-refractivity contribution is -0.131. The minimum Gasteiger partial charge on any atom is -0.378 e. The Balaban J connectivity index is 0.000000171. The maximum atomic E-state index is 15.1. The number of ether oxygens (including phenoxy) is 2. The average Bonchev–Trinajstić information content (AvgIpc) is 3.36. The van der Waals surface area contributed by atoms with Gasteiger partial charge in [0.2, 0.25) is 5.91 Å². The molecule has 6 aromatic rings. The van der Waals surface area contributed by atoms with Crippen LogP contribution in [0.2, 0.25) is 0 Å². The monoisotopic (exact) mass is 936 g/mol. The second-order valence-electron chi connectivity index (χ2n) is 17.2. The van der Waals surface area contributed by atoms with Crippen molar-refractivity contribution in [2.45, 2.75) is 27.2 Å². The predicted molar refractivity (Wildman–Crippen MR) is 258 cm³/mol. The molecular formula is C49H56F4N12O3. The number of morpholine rings is 2. The first-order valence-electron chi connectivity index (χ1n) is 23.2. The second kappa shape index (κ2) is 20.7. The second-order valence-corrected chi connectivity index (χ2v) is 17.2. The molecule has 0 spiro atoms. The molecule has 1 amide bonds. The molecule has 4 saturated heterocycles. The van der Waals surface area contributed by atoms with Gasteiger partial charge in [0.25, 0.3) is 0 Å². The van der Waals surface area contributed by atoms with Crippen LogP contribution in [-0.2, 0) is 14.3 Å². The summed E-state index contributed by atoms with van der Waals surface area (Å²) in [6, 6.07) is 8.30. The van der Waals surface area contributed by atoms with E-state index in [9.17, 15) is 18.0 Å². The van der Waals surface area contributed by atoms with E-state index >= 15 is 4.39 Å². The molecule has 10 rings (SSSR count). The largest absolute Gasteiger partial charge is 0.378 e. The van der Waals surface area contributed by atoms with Crippen molar-refractivity contribution in [2.24, 2.45) is 0 Å². The minimum atomic E-state index is -0.678. The molecule has 4 fully saturated rings. The lowest BCUT2D eigenvalue weighted by Gasteiger charge is -2.36. The molecule has 0 radical (unpaired) electrons. The fraction of sp³-hybridized carbons (Fsp3) is 0.408. The number of pyridine rings is 4. The number of rotatable bonds is 9. The molecule has 0 atom stereocenters. The number of piperazine rings is 2. The van der Waals surface area contributed by atoms with Crippen LogP contribution < -0.4 is 35.6 Å². The van der Waals surface area contributed by atoms with Crippen molar-refractivity contribution >= 4 is 73.5 Å². The van der Waals surface area contributed by atoms with Crippen molar-refractivity contribution in [1.29, 1.82) is 0 Å². The van der Waals surface area contributed by atoms with E-state index in [2.05, 4.69) is 55.5 Å². The summed E-state index contributed by atoms with van der Waals surface area (Å²) in [6.45, 7) is 17.1. The van der Waals surface area contributed by atoms with Crippen molar-refractivity contribution in [3.63, 3.8) is 0 Å². The highest BCUT2D eigenvalue weighted by Gasteiger charge is 2.26. The number of halogens is 4. The number of carbonyl (C=O) groups is 1. The van der Waals surface area contributed by atoms with Crippen LogP contribution in [0, 0.1) is 37.1 Å². The summed E-state index contributed by atoms with van der Waals surface area (Å²) in [7, 11) is 0. The number of hydrogen-bond acceptors (Lipinski definition) is 14. The quantitative estimate of drug-likeness (QED) is 0.128. The molecule has 8 heterocycles. The van der Waals surface area contributed by atoms with Crippen LogP contribution in [0.4, 0.5) is 63.3 Å². The Labute approximate surface area is 392 Å². The van der Waals surface area contributed by atoms with Gasteiger partial charge >= 0.3 is 0 Å². The molecule has 0 saturated carbocycles. The third-order valence-electron chi connectivity index (χ3n) is 12.8. The van der Waals surface area contributed by atoms with Crippen molar-refractivity contribution in [3.8, 4) is 0 Å². The number of benzene rings is 2. The van der Waals surface area contributed by atoms with Crippen molar-refractivity contribution in [1.82, 2.24) is 30.2 Å². The topological polar surface area (TPSA) is 139 Å². The van der Waals surface area contributed by atoms with Gasteiger partial charge in [-0.2, -0.15) is 0 Å². The Morgan fingerprint density at radius 1 is 0.588 bits per heavy atom. The molecule has 358 valence electrons. The van der Waals surface area contributed by atoms with E-state index in [4.69, 9.17) is 9.47 Å². The van der Waals surface area contributed by atoms with Crippen molar-refractivity contribution < 1.29 is 31.8 Å². The Bertz CT molecular complexity index is 2780. The molecule has 4 aliphatic rings. The molecule has 2 aromatic carbocycles. The van der Waals surface area contributed by atoms with Gasteiger partial charge in [-0.05, 0) is 26.0 Å². The van der Waals surface area contributed by atoms with Gasteiger partial charge in [-0.3, -0.25) is 14.8 Å². The van der Waals surface area contributed by atoms with Crippen LogP contribution in [0.15, 0.2) is 61.2 Å². The fourth-order valence-corrected chi connectivity index (χ4v) is 9.25. The summed E-state index contributed by atoms with van der Waals surface area (Å²) < 4.78 is 69.2. The number of fused-ring (bicyclic) bond motifs is 2. The Hall–Kier alpha value is -6.57. The van der Waals surface area contributed by atoms with E-state index in [1.54, 1.807) is 18.6 Å².